The molecule has 0 fully saturated rings. The molecule has 5 nitrogen and oxygen atoms in total. The number of nitrogens with zero attached hydrogens (tertiary/aromatic N) is 4. The number of hydrogen-bond donors (Lipinski definition) is 1. The zero-order valence-corrected chi connectivity index (χ0v) is 17.5. The van der Waals surface area contributed by atoms with Gasteiger partial charge in [0.15, 0.2) is 5.82 Å². The molecule has 4 rings (SSSR count). The van der Waals surface area contributed by atoms with Crippen LogP contribution in [0.1, 0.15) is 28.6 Å². The van der Waals surface area contributed by atoms with Gasteiger partial charge in [-0.1, -0.05) is 59.6 Å². The molecule has 1 aromatic heterocycles. The summed E-state index contributed by atoms with van der Waals surface area (Å²) in [5, 5.41) is 17.4. The van der Waals surface area contributed by atoms with E-state index < -0.39 is 0 Å². The van der Waals surface area contributed by atoms with Crippen LogP contribution < -0.4 is 5.32 Å². The van der Waals surface area contributed by atoms with Gasteiger partial charge in [-0.2, -0.15) is 4.68 Å². The molecular formula is C22H19Cl2N5. The number of para-hydroxylation sites is 1. The minimum Gasteiger partial charge on any atom is -0.371 e. The van der Waals surface area contributed by atoms with Crippen LogP contribution in [0.4, 0.5) is 5.69 Å². The second-order valence-corrected chi connectivity index (χ2v) is 7.64. The molecule has 29 heavy (non-hydrogen) atoms. The number of anilines is 1. The molecule has 0 amide bonds. The van der Waals surface area contributed by atoms with Crippen molar-refractivity contribution in [3.63, 3.8) is 0 Å². The zero-order valence-electron chi connectivity index (χ0n) is 16.0. The Labute approximate surface area is 179 Å². The van der Waals surface area contributed by atoms with Crippen molar-refractivity contribution in [3.05, 3.63) is 99.3 Å². The van der Waals surface area contributed by atoms with Gasteiger partial charge < -0.3 is 5.32 Å². The molecule has 3 aromatic carbocycles. The lowest BCUT2D eigenvalue weighted by molar-refractivity contribution is 0.731. The average Bonchev–Trinajstić information content (AvgIpc) is 3.17. The quantitative estimate of drug-likeness (QED) is 0.441. The monoisotopic (exact) mass is 423 g/mol. The molecule has 0 aliphatic heterocycles. The molecule has 0 aliphatic rings. The summed E-state index contributed by atoms with van der Waals surface area (Å²) in [6, 6.07) is 20.9. The van der Waals surface area contributed by atoms with Crippen molar-refractivity contribution in [2.24, 2.45) is 0 Å². The first-order valence-corrected chi connectivity index (χ1v) is 9.91. The van der Waals surface area contributed by atoms with Gasteiger partial charge in [-0.3, -0.25) is 0 Å². The van der Waals surface area contributed by atoms with Crippen molar-refractivity contribution >= 4 is 28.9 Å². The summed E-state index contributed by atoms with van der Waals surface area (Å²) < 4.78 is 1.78. The maximum atomic E-state index is 6.55. The van der Waals surface area contributed by atoms with Gasteiger partial charge in [0, 0.05) is 21.3 Å². The van der Waals surface area contributed by atoms with Gasteiger partial charge in [0.1, 0.15) is 6.04 Å². The van der Waals surface area contributed by atoms with Crippen LogP contribution in [0, 0.1) is 13.8 Å². The molecule has 146 valence electrons. The normalized spacial score (nSPS) is 12.0. The number of aromatic nitrogens is 4. The lowest BCUT2D eigenvalue weighted by Gasteiger charge is -2.22. The summed E-state index contributed by atoms with van der Waals surface area (Å²) in [6.45, 7) is 4.09. The number of hydrogen-bond acceptors (Lipinski definition) is 4. The fraction of sp³-hybridized carbons (Fsp3) is 0.136. The van der Waals surface area contributed by atoms with Crippen molar-refractivity contribution in [1.29, 1.82) is 0 Å². The molecule has 0 saturated carbocycles. The first kappa shape index (κ1) is 19.4. The Balaban J connectivity index is 1.86. The summed E-state index contributed by atoms with van der Waals surface area (Å²) >= 11 is 12.6. The van der Waals surface area contributed by atoms with Crippen molar-refractivity contribution in [1.82, 2.24) is 20.2 Å². The van der Waals surface area contributed by atoms with Crippen LogP contribution in [-0.2, 0) is 0 Å². The maximum Gasteiger partial charge on any atom is 0.183 e. The molecule has 0 aliphatic carbocycles. The Morgan fingerprint density at radius 1 is 0.862 bits per heavy atom. The largest absolute Gasteiger partial charge is 0.371 e. The van der Waals surface area contributed by atoms with Crippen LogP contribution in [0.2, 0.25) is 10.0 Å². The summed E-state index contributed by atoms with van der Waals surface area (Å²) in [7, 11) is 0. The van der Waals surface area contributed by atoms with Crippen LogP contribution in [-0.4, -0.2) is 20.2 Å². The molecule has 4 aromatic rings. The molecule has 0 saturated heterocycles. The predicted octanol–water partition coefficient (Wildman–Crippen LogP) is 5.79. The minimum atomic E-state index is -0.362. The number of benzene rings is 3. The topological polar surface area (TPSA) is 55.6 Å². The Bertz CT molecular complexity index is 1120. The van der Waals surface area contributed by atoms with Crippen LogP contribution in [0.3, 0.4) is 0 Å². The average molecular weight is 424 g/mol. The lowest BCUT2D eigenvalue weighted by Crippen LogP contribution is -2.19. The number of halogens is 2. The second kappa shape index (κ2) is 8.23. The molecule has 0 bridgehead atoms. The van der Waals surface area contributed by atoms with E-state index in [-0.39, 0.29) is 6.04 Å². The zero-order chi connectivity index (χ0) is 20.4. The molecule has 1 atom stereocenters. The SMILES string of the molecule is Cc1cccc(C)c1-n1nnnc1C(Nc1ccc(Cl)cc1)c1ccccc1Cl. The highest BCUT2D eigenvalue weighted by Gasteiger charge is 2.25. The van der Waals surface area contributed by atoms with Gasteiger partial charge in [0.2, 0.25) is 0 Å². The number of tetrazole rings is 1. The van der Waals surface area contributed by atoms with E-state index in [1.54, 1.807) is 4.68 Å². The van der Waals surface area contributed by atoms with Crippen LogP contribution in [0.15, 0.2) is 66.7 Å². The van der Waals surface area contributed by atoms with E-state index in [0.29, 0.717) is 15.9 Å². The van der Waals surface area contributed by atoms with Gasteiger partial charge in [-0.25, -0.2) is 0 Å². The lowest BCUT2D eigenvalue weighted by atomic mass is 10.0. The third-order valence-electron chi connectivity index (χ3n) is 4.77. The molecule has 0 radical (unpaired) electrons. The van der Waals surface area contributed by atoms with Crippen LogP contribution in [0.5, 0.6) is 0 Å². The highest BCUT2D eigenvalue weighted by molar-refractivity contribution is 6.31. The summed E-state index contributed by atoms with van der Waals surface area (Å²) in [5.74, 6) is 0.644. The Morgan fingerprint density at radius 3 is 2.24 bits per heavy atom. The van der Waals surface area contributed by atoms with E-state index in [0.717, 1.165) is 28.1 Å². The smallest absolute Gasteiger partial charge is 0.183 e. The van der Waals surface area contributed by atoms with Gasteiger partial charge in [-0.15, -0.1) is 5.10 Å². The van der Waals surface area contributed by atoms with Gasteiger partial charge in [-0.05, 0) is 65.7 Å². The fourth-order valence-corrected chi connectivity index (χ4v) is 3.75. The van der Waals surface area contributed by atoms with Crippen LogP contribution in [0.25, 0.3) is 5.69 Å². The highest BCUT2D eigenvalue weighted by atomic mass is 35.5. The summed E-state index contributed by atoms with van der Waals surface area (Å²) in [6.07, 6.45) is 0. The fourth-order valence-electron chi connectivity index (χ4n) is 3.38. The van der Waals surface area contributed by atoms with E-state index >= 15 is 0 Å². The van der Waals surface area contributed by atoms with Gasteiger partial charge >= 0.3 is 0 Å². The van der Waals surface area contributed by atoms with E-state index in [1.165, 1.54) is 0 Å². The molecule has 1 heterocycles. The standard InChI is InChI=1S/C22H19Cl2N5/c1-14-6-5-7-15(2)21(14)29-22(26-27-28-29)20(18-8-3-4-9-19(18)24)25-17-12-10-16(23)11-13-17/h3-13,20,25H,1-2H3. The molecule has 1 N–H and O–H groups in total. The van der Waals surface area contributed by atoms with Crippen molar-refractivity contribution in [3.8, 4) is 5.69 Å². The van der Waals surface area contributed by atoms with Crippen LogP contribution >= 0.6 is 23.2 Å². The third kappa shape index (κ3) is 3.97. The van der Waals surface area contributed by atoms with Crippen molar-refractivity contribution in [2.45, 2.75) is 19.9 Å². The Kier molecular flexibility index (Phi) is 5.51. The number of rotatable bonds is 5. The summed E-state index contributed by atoms with van der Waals surface area (Å²) in [5.41, 5.74) is 4.90. The van der Waals surface area contributed by atoms with Gasteiger partial charge in [0.05, 0.1) is 5.69 Å². The highest BCUT2D eigenvalue weighted by Crippen LogP contribution is 2.32. The van der Waals surface area contributed by atoms with E-state index in [4.69, 9.17) is 23.2 Å². The van der Waals surface area contributed by atoms with Gasteiger partial charge in [0.25, 0.3) is 0 Å². The minimum absolute atomic E-state index is 0.362. The van der Waals surface area contributed by atoms with Crippen molar-refractivity contribution < 1.29 is 0 Å². The van der Waals surface area contributed by atoms with E-state index in [9.17, 15) is 0 Å². The molecule has 7 heteroatoms. The Morgan fingerprint density at radius 2 is 1.55 bits per heavy atom. The second-order valence-electron chi connectivity index (χ2n) is 6.80. The molecular weight excluding hydrogens is 405 g/mol. The first-order chi connectivity index (χ1) is 14.0. The molecule has 1 unspecified atom stereocenters. The first-order valence-electron chi connectivity index (χ1n) is 9.16. The third-order valence-corrected chi connectivity index (χ3v) is 5.37. The van der Waals surface area contributed by atoms with Crippen molar-refractivity contribution in [2.75, 3.05) is 5.32 Å². The number of aryl methyl sites for hydroxylation is 2. The predicted molar refractivity (Wildman–Crippen MR) is 117 cm³/mol. The van der Waals surface area contributed by atoms with E-state index in [2.05, 4.69) is 20.8 Å². The van der Waals surface area contributed by atoms with E-state index in [1.807, 2.05) is 80.6 Å². The maximum absolute atomic E-state index is 6.55. The molecule has 0 spiro atoms. The summed E-state index contributed by atoms with van der Waals surface area (Å²) in [4.78, 5) is 0. The number of nitrogens with one attached hydrogen (secondary N) is 1. The Hall–Kier alpha value is -2.89.